The first kappa shape index (κ1) is 12.3. The highest BCUT2D eigenvalue weighted by atomic mass is 16.3. The molecule has 0 aliphatic heterocycles. The minimum Gasteiger partial charge on any atom is -0.508 e. The molecule has 1 aromatic rings. The van der Waals surface area contributed by atoms with E-state index in [1.165, 1.54) is 0 Å². The van der Waals surface area contributed by atoms with Crippen LogP contribution in [0.25, 0.3) is 0 Å². The summed E-state index contributed by atoms with van der Waals surface area (Å²) in [5, 5.41) is 8.92. The predicted octanol–water partition coefficient (Wildman–Crippen LogP) is 1.68. The van der Waals surface area contributed by atoms with Crippen LogP contribution in [0.15, 0.2) is 24.3 Å². The van der Waals surface area contributed by atoms with Crippen LogP contribution >= 0.6 is 0 Å². The number of hydrogen-bond acceptors (Lipinski definition) is 3. The summed E-state index contributed by atoms with van der Waals surface area (Å²) in [7, 11) is 0. The average molecular weight is 155 g/mol. The lowest BCUT2D eigenvalue weighted by Gasteiger charge is -1.92. The quantitative estimate of drug-likeness (QED) is 0.598. The van der Waals surface area contributed by atoms with Gasteiger partial charge in [0.1, 0.15) is 12.5 Å². The van der Waals surface area contributed by atoms with Crippen LogP contribution in [0.2, 0.25) is 0 Å². The molecule has 0 radical (unpaired) electrons. The van der Waals surface area contributed by atoms with Crippen molar-refractivity contribution in [3.63, 3.8) is 0 Å². The maximum atomic E-state index is 8.92. The summed E-state index contributed by atoms with van der Waals surface area (Å²) < 4.78 is 0. The van der Waals surface area contributed by atoms with Gasteiger partial charge in [-0.1, -0.05) is 18.2 Å². The van der Waals surface area contributed by atoms with E-state index in [9.17, 15) is 0 Å². The summed E-state index contributed by atoms with van der Waals surface area (Å²) in [5.41, 5.74) is 0.924. The predicted molar refractivity (Wildman–Crippen MR) is 45.0 cm³/mol. The Kier molecular flexibility index (Phi) is 7.59. The molecule has 0 amide bonds. The van der Waals surface area contributed by atoms with Crippen LogP contribution in [0.5, 0.6) is 5.75 Å². The number of carbonyl (C=O) groups excluding carboxylic acids is 1. The summed E-state index contributed by atoms with van der Waals surface area (Å²) in [5.74, 6) is 0.368. The SMILES string of the molecule is C=O.Cc1ccccc1O.N. The van der Waals surface area contributed by atoms with Gasteiger partial charge in [0.25, 0.3) is 0 Å². The number of aromatic hydroxyl groups is 1. The van der Waals surface area contributed by atoms with Gasteiger partial charge in [-0.3, -0.25) is 0 Å². The number of phenols is 1. The van der Waals surface area contributed by atoms with Gasteiger partial charge in [-0.15, -0.1) is 0 Å². The number of aryl methyl sites for hydroxylation is 1. The van der Waals surface area contributed by atoms with Crippen molar-refractivity contribution in [3.05, 3.63) is 29.8 Å². The molecule has 0 aliphatic carbocycles. The van der Waals surface area contributed by atoms with Crippen LogP contribution in [0, 0.1) is 6.92 Å². The monoisotopic (exact) mass is 155 g/mol. The topological polar surface area (TPSA) is 72.3 Å². The number of rotatable bonds is 0. The smallest absolute Gasteiger partial charge is 0.118 e. The van der Waals surface area contributed by atoms with Crippen molar-refractivity contribution in [2.24, 2.45) is 0 Å². The van der Waals surface area contributed by atoms with Crippen molar-refractivity contribution in [1.82, 2.24) is 6.15 Å². The zero-order chi connectivity index (χ0) is 7.98. The second kappa shape index (κ2) is 6.77. The van der Waals surface area contributed by atoms with Crippen LogP contribution in [0.4, 0.5) is 0 Å². The molecule has 4 N–H and O–H groups in total. The molecule has 62 valence electrons. The minimum absolute atomic E-state index is 0. The summed E-state index contributed by atoms with van der Waals surface area (Å²) >= 11 is 0. The fraction of sp³-hybridized carbons (Fsp3) is 0.125. The van der Waals surface area contributed by atoms with Gasteiger partial charge in [-0.25, -0.2) is 0 Å². The molecule has 0 spiro atoms. The lowest BCUT2D eigenvalue weighted by molar-refractivity contribution is -0.0979. The molecular weight excluding hydrogens is 142 g/mol. The van der Waals surface area contributed by atoms with E-state index in [0.29, 0.717) is 5.75 Å². The van der Waals surface area contributed by atoms with E-state index in [2.05, 4.69) is 0 Å². The van der Waals surface area contributed by atoms with Crippen molar-refractivity contribution in [1.29, 1.82) is 0 Å². The van der Waals surface area contributed by atoms with Gasteiger partial charge in [0.2, 0.25) is 0 Å². The van der Waals surface area contributed by atoms with E-state index >= 15 is 0 Å². The van der Waals surface area contributed by atoms with Crippen molar-refractivity contribution < 1.29 is 9.90 Å². The van der Waals surface area contributed by atoms with Gasteiger partial charge in [-0.2, -0.15) is 0 Å². The van der Waals surface area contributed by atoms with Crippen molar-refractivity contribution in [2.45, 2.75) is 6.92 Å². The average Bonchev–Trinajstić information content (AvgIpc) is 2.00. The molecule has 0 bridgehead atoms. The first-order valence-corrected chi connectivity index (χ1v) is 2.84. The van der Waals surface area contributed by atoms with E-state index < -0.39 is 0 Å². The molecule has 11 heavy (non-hydrogen) atoms. The maximum absolute atomic E-state index is 8.92. The molecule has 0 fully saturated rings. The Balaban J connectivity index is 0. The summed E-state index contributed by atoms with van der Waals surface area (Å²) in [6.45, 7) is 3.87. The van der Waals surface area contributed by atoms with E-state index in [1.807, 2.05) is 31.9 Å². The summed E-state index contributed by atoms with van der Waals surface area (Å²) in [4.78, 5) is 8.00. The first-order valence-electron chi connectivity index (χ1n) is 2.84. The van der Waals surface area contributed by atoms with E-state index in [1.54, 1.807) is 6.07 Å². The van der Waals surface area contributed by atoms with Crippen LogP contribution in [-0.2, 0) is 4.79 Å². The number of benzene rings is 1. The molecule has 0 saturated carbocycles. The van der Waals surface area contributed by atoms with Crippen LogP contribution in [-0.4, -0.2) is 11.9 Å². The molecule has 1 rings (SSSR count). The summed E-state index contributed by atoms with van der Waals surface area (Å²) in [6, 6.07) is 7.25. The zero-order valence-electron chi connectivity index (χ0n) is 6.58. The molecule has 0 atom stereocenters. The molecule has 3 nitrogen and oxygen atoms in total. The molecule has 0 heterocycles. The third-order valence-electron chi connectivity index (χ3n) is 1.12. The summed E-state index contributed by atoms with van der Waals surface area (Å²) in [6.07, 6.45) is 0. The second-order valence-corrected chi connectivity index (χ2v) is 1.79. The van der Waals surface area contributed by atoms with Gasteiger partial charge in [0, 0.05) is 0 Å². The largest absolute Gasteiger partial charge is 0.508 e. The van der Waals surface area contributed by atoms with Crippen molar-refractivity contribution in [3.8, 4) is 5.75 Å². The van der Waals surface area contributed by atoms with Crippen molar-refractivity contribution >= 4 is 6.79 Å². The normalized spacial score (nSPS) is 7.00. The number of para-hydroxylation sites is 1. The number of carbonyl (C=O) groups is 1. The Labute approximate surface area is 66.3 Å². The first-order chi connectivity index (χ1) is 4.80. The Morgan fingerprint density at radius 1 is 1.27 bits per heavy atom. The van der Waals surface area contributed by atoms with Crippen LogP contribution < -0.4 is 6.15 Å². The second-order valence-electron chi connectivity index (χ2n) is 1.79. The number of phenolic OH excluding ortho intramolecular Hbond substituents is 1. The Bertz CT molecular complexity index is 180. The third kappa shape index (κ3) is 4.11. The molecule has 1 aromatic carbocycles. The van der Waals surface area contributed by atoms with Crippen LogP contribution in [0.3, 0.4) is 0 Å². The lowest BCUT2D eigenvalue weighted by Crippen LogP contribution is -1.68. The van der Waals surface area contributed by atoms with Crippen LogP contribution in [0.1, 0.15) is 5.56 Å². The standard InChI is InChI=1S/C7H8O.CH2O.H3N/c1-6-4-2-3-5-7(6)8;1-2;/h2-5,8H,1H3;1H2;1H3. The molecule has 0 aliphatic rings. The third-order valence-corrected chi connectivity index (χ3v) is 1.12. The van der Waals surface area contributed by atoms with Gasteiger partial charge < -0.3 is 16.1 Å². The highest BCUT2D eigenvalue weighted by Gasteiger charge is 1.86. The fourth-order valence-corrected chi connectivity index (χ4v) is 0.563. The van der Waals surface area contributed by atoms with E-state index in [0.717, 1.165) is 5.56 Å². The molecule has 0 aromatic heterocycles. The Morgan fingerprint density at radius 2 is 1.73 bits per heavy atom. The molecule has 0 saturated heterocycles. The minimum atomic E-state index is 0. The van der Waals surface area contributed by atoms with Gasteiger partial charge in [0.05, 0.1) is 0 Å². The van der Waals surface area contributed by atoms with Gasteiger partial charge >= 0.3 is 0 Å². The van der Waals surface area contributed by atoms with Gasteiger partial charge in [0.15, 0.2) is 0 Å². The molecule has 3 heteroatoms. The Morgan fingerprint density at radius 3 is 2.00 bits per heavy atom. The van der Waals surface area contributed by atoms with E-state index in [-0.39, 0.29) is 6.15 Å². The van der Waals surface area contributed by atoms with Crippen molar-refractivity contribution in [2.75, 3.05) is 0 Å². The highest BCUT2D eigenvalue weighted by Crippen LogP contribution is 2.12. The molecular formula is C8H13NO2. The molecule has 0 unspecified atom stereocenters. The fourth-order valence-electron chi connectivity index (χ4n) is 0.563. The van der Waals surface area contributed by atoms with Gasteiger partial charge in [-0.05, 0) is 18.6 Å². The zero-order valence-corrected chi connectivity index (χ0v) is 6.58. The maximum Gasteiger partial charge on any atom is 0.118 e. The Hall–Kier alpha value is -1.35. The number of hydrogen-bond donors (Lipinski definition) is 2. The highest BCUT2D eigenvalue weighted by molar-refractivity contribution is 5.29. The van der Waals surface area contributed by atoms with E-state index in [4.69, 9.17) is 9.90 Å². The lowest BCUT2D eigenvalue weighted by atomic mass is 10.2.